The van der Waals surface area contributed by atoms with Crippen LogP contribution in [0.3, 0.4) is 0 Å². The Morgan fingerprint density at radius 3 is 2.42 bits per heavy atom. The molecule has 4 aromatic rings. The molecular formula is C24H22F2N4O3. The summed E-state index contributed by atoms with van der Waals surface area (Å²) in [4.78, 5) is 23.4. The second kappa shape index (κ2) is 8.50. The van der Waals surface area contributed by atoms with Crippen molar-refractivity contribution in [3.05, 3.63) is 65.9 Å². The number of carbonyl (C=O) groups excluding carboxylic acids is 1. The summed E-state index contributed by atoms with van der Waals surface area (Å²) in [6.45, 7) is 5.58. The van der Waals surface area contributed by atoms with E-state index in [9.17, 15) is 18.7 Å². The number of aromatic nitrogens is 3. The third-order valence-corrected chi connectivity index (χ3v) is 5.36. The van der Waals surface area contributed by atoms with Gasteiger partial charge in [-0.2, -0.15) is 0 Å². The lowest BCUT2D eigenvalue weighted by Crippen LogP contribution is -2.31. The van der Waals surface area contributed by atoms with E-state index < -0.39 is 17.0 Å². The van der Waals surface area contributed by atoms with Gasteiger partial charge in [0.05, 0.1) is 23.1 Å². The summed E-state index contributed by atoms with van der Waals surface area (Å²) in [5.74, 6) is -2.13. The smallest absolute Gasteiger partial charge is 0.315 e. The highest BCUT2D eigenvalue weighted by atomic mass is 19.1. The van der Waals surface area contributed by atoms with Crippen molar-refractivity contribution < 1.29 is 23.4 Å². The molecule has 3 N–H and O–H groups in total. The highest BCUT2D eigenvalue weighted by Gasteiger charge is 2.31. The SMILES string of the molecule is CCOC(=O)C(C)(C)c1ccc(Nc2nc(-c3c(F)cccc3F)nc3c[nH]c(O)c23)cc1. The van der Waals surface area contributed by atoms with Crippen LogP contribution in [-0.2, 0) is 14.9 Å². The van der Waals surface area contributed by atoms with Crippen molar-refractivity contribution in [2.24, 2.45) is 0 Å². The number of hydrogen-bond acceptors (Lipinski definition) is 6. The number of rotatable bonds is 6. The monoisotopic (exact) mass is 452 g/mol. The molecule has 0 radical (unpaired) electrons. The Kier molecular flexibility index (Phi) is 5.71. The van der Waals surface area contributed by atoms with Crippen molar-refractivity contribution in [1.29, 1.82) is 0 Å². The predicted octanol–water partition coefficient (Wildman–Crippen LogP) is 5.19. The molecule has 0 saturated heterocycles. The molecule has 9 heteroatoms. The number of nitrogens with zero attached hydrogens (tertiary/aromatic N) is 2. The van der Waals surface area contributed by atoms with Gasteiger partial charge >= 0.3 is 5.97 Å². The fraction of sp³-hybridized carbons (Fsp3) is 0.208. The average molecular weight is 452 g/mol. The van der Waals surface area contributed by atoms with Gasteiger partial charge in [0.2, 0.25) is 5.88 Å². The van der Waals surface area contributed by atoms with E-state index in [-0.39, 0.29) is 46.6 Å². The normalized spacial score (nSPS) is 11.5. The van der Waals surface area contributed by atoms with Crippen LogP contribution in [0.15, 0.2) is 48.7 Å². The first-order chi connectivity index (χ1) is 15.7. The minimum atomic E-state index is -0.842. The molecule has 0 atom stereocenters. The van der Waals surface area contributed by atoms with E-state index in [0.717, 1.165) is 17.7 Å². The Balaban J connectivity index is 1.73. The van der Waals surface area contributed by atoms with Gasteiger partial charge < -0.3 is 20.1 Å². The van der Waals surface area contributed by atoms with E-state index in [4.69, 9.17) is 4.74 Å². The summed E-state index contributed by atoms with van der Waals surface area (Å²) in [6, 6.07) is 10.5. The van der Waals surface area contributed by atoms with Crippen LogP contribution in [0.1, 0.15) is 26.3 Å². The van der Waals surface area contributed by atoms with Crippen molar-refractivity contribution in [2.75, 3.05) is 11.9 Å². The Morgan fingerprint density at radius 2 is 1.79 bits per heavy atom. The van der Waals surface area contributed by atoms with Crippen LogP contribution < -0.4 is 5.32 Å². The Bertz CT molecular complexity index is 1310. The number of fused-ring (bicyclic) bond motifs is 1. The average Bonchev–Trinajstić information content (AvgIpc) is 3.15. The van der Waals surface area contributed by atoms with Crippen molar-refractivity contribution in [2.45, 2.75) is 26.2 Å². The van der Waals surface area contributed by atoms with Crippen molar-refractivity contribution in [1.82, 2.24) is 15.0 Å². The predicted molar refractivity (Wildman–Crippen MR) is 120 cm³/mol. The standard InChI is InChI=1S/C24H22F2N4O3/c1-4-33-23(32)24(2,3)13-8-10-14(11-9-13)28-21-19-17(12-27-22(19)31)29-20(30-21)18-15(25)6-5-7-16(18)26/h5-12,27,31H,4H2,1-3H3,(H,28,29,30). The summed E-state index contributed by atoms with van der Waals surface area (Å²) >= 11 is 0. The molecule has 33 heavy (non-hydrogen) atoms. The van der Waals surface area contributed by atoms with E-state index >= 15 is 0 Å². The molecular weight excluding hydrogens is 430 g/mol. The fourth-order valence-corrected chi connectivity index (χ4v) is 3.47. The zero-order valence-electron chi connectivity index (χ0n) is 18.2. The van der Waals surface area contributed by atoms with E-state index in [1.807, 2.05) is 0 Å². The molecule has 0 amide bonds. The van der Waals surface area contributed by atoms with Crippen LogP contribution in [0.4, 0.5) is 20.3 Å². The molecule has 0 aliphatic heterocycles. The lowest BCUT2D eigenvalue weighted by atomic mass is 9.84. The van der Waals surface area contributed by atoms with Crippen molar-refractivity contribution in [3.8, 4) is 17.3 Å². The van der Waals surface area contributed by atoms with Gasteiger partial charge in [-0.1, -0.05) is 18.2 Å². The lowest BCUT2D eigenvalue weighted by molar-refractivity contribution is -0.148. The number of hydrogen-bond donors (Lipinski definition) is 3. The van der Waals surface area contributed by atoms with Gasteiger partial charge in [-0.05, 0) is 50.6 Å². The van der Waals surface area contributed by atoms with Crippen LogP contribution in [0.2, 0.25) is 0 Å². The maximum Gasteiger partial charge on any atom is 0.315 e. The maximum absolute atomic E-state index is 14.3. The van der Waals surface area contributed by atoms with Gasteiger partial charge in [0.25, 0.3) is 0 Å². The summed E-state index contributed by atoms with van der Waals surface area (Å²) in [6.07, 6.45) is 1.42. The summed E-state index contributed by atoms with van der Waals surface area (Å²) in [7, 11) is 0. The third kappa shape index (κ3) is 4.09. The zero-order chi connectivity index (χ0) is 23.8. The second-order valence-corrected chi connectivity index (χ2v) is 7.94. The van der Waals surface area contributed by atoms with E-state index in [1.165, 1.54) is 12.3 Å². The molecule has 2 aromatic heterocycles. The van der Waals surface area contributed by atoms with Crippen LogP contribution >= 0.6 is 0 Å². The van der Waals surface area contributed by atoms with Gasteiger partial charge in [-0.25, -0.2) is 18.7 Å². The molecule has 7 nitrogen and oxygen atoms in total. The van der Waals surface area contributed by atoms with E-state index in [1.54, 1.807) is 45.0 Å². The lowest BCUT2D eigenvalue weighted by Gasteiger charge is -2.23. The number of benzene rings is 2. The Hall–Kier alpha value is -4.01. The molecule has 0 saturated carbocycles. The third-order valence-electron chi connectivity index (χ3n) is 5.36. The van der Waals surface area contributed by atoms with Crippen LogP contribution in [0.25, 0.3) is 22.3 Å². The van der Waals surface area contributed by atoms with Crippen molar-refractivity contribution in [3.63, 3.8) is 0 Å². The number of H-pyrrole nitrogens is 1. The molecule has 2 aromatic carbocycles. The van der Waals surface area contributed by atoms with Gasteiger partial charge in [0.15, 0.2) is 5.82 Å². The van der Waals surface area contributed by atoms with E-state index in [2.05, 4.69) is 20.3 Å². The first kappa shape index (κ1) is 22.2. The molecule has 4 rings (SSSR count). The minimum Gasteiger partial charge on any atom is -0.494 e. The Labute approximate surface area is 188 Å². The van der Waals surface area contributed by atoms with E-state index in [0.29, 0.717) is 5.69 Å². The quantitative estimate of drug-likeness (QED) is 0.348. The molecule has 2 heterocycles. The number of carbonyl (C=O) groups is 1. The van der Waals surface area contributed by atoms with Crippen LogP contribution in [-0.4, -0.2) is 32.6 Å². The number of nitrogens with one attached hydrogen (secondary N) is 2. The second-order valence-electron chi connectivity index (χ2n) is 7.94. The topological polar surface area (TPSA) is 100 Å². The summed E-state index contributed by atoms with van der Waals surface area (Å²) in [5, 5.41) is 13.6. The Morgan fingerprint density at radius 1 is 1.12 bits per heavy atom. The molecule has 0 aliphatic rings. The van der Waals surface area contributed by atoms with Gasteiger partial charge in [0.1, 0.15) is 22.8 Å². The van der Waals surface area contributed by atoms with Gasteiger partial charge in [0, 0.05) is 11.9 Å². The molecule has 0 spiro atoms. The number of anilines is 2. The highest BCUT2D eigenvalue weighted by Crippen LogP contribution is 2.34. The largest absolute Gasteiger partial charge is 0.494 e. The molecule has 0 unspecified atom stereocenters. The number of esters is 1. The van der Waals surface area contributed by atoms with Crippen LogP contribution in [0, 0.1) is 11.6 Å². The zero-order valence-corrected chi connectivity index (χ0v) is 18.2. The van der Waals surface area contributed by atoms with Gasteiger partial charge in [-0.15, -0.1) is 0 Å². The number of aromatic amines is 1. The molecule has 0 bridgehead atoms. The minimum absolute atomic E-state index is 0.161. The summed E-state index contributed by atoms with van der Waals surface area (Å²) in [5.41, 5.74) is 0.403. The maximum atomic E-state index is 14.3. The highest BCUT2D eigenvalue weighted by molar-refractivity contribution is 5.96. The first-order valence-corrected chi connectivity index (χ1v) is 10.3. The molecule has 170 valence electrons. The van der Waals surface area contributed by atoms with Crippen molar-refractivity contribution >= 4 is 28.4 Å². The molecule has 0 fully saturated rings. The first-order valence-electron chi connectivity index (χ1n) is 10.3. The van der Waals surface area contributed by atoms with Crippen LogP contribution in [0.5, 0.6) is 5.88 Å². The summed E-state index contributed by atoms with van der Waals surface area (Å²) < 4.78 is 33.8. The van der Waals surface area contributed by atoms with Gasteiger partial charge in [-0.3, -0.25) is 4.79 Å². The fourth-order valence-electron chi connectivity index (χ4n) is 3.47. The number of halogens is 2. The number of ether oxygens (including phenoxy) is 1. The molecule has 0 aliphatic carbocycles. The number of aromatic hydroxyl groups is 1.